The topological polar surface area (TPSA) is 75.7 Å². The molecule has 1 aliphatic rings. The lowest BCUT2D eigenvalue weighted by Crippen LogP contribution is -2.41. The van der Waals surface area contributed by atoms with Crippen molar-refractivity contribution in [2.24, 2.45) is 0 Å². The van der Waals surface area contributed by atoms with Gasteiger partial charge >= 0.3 is 0 Å². The third-order valence-electron chi connectivity index (χ3n) is 4.99. The molecule has 1 heterocycles. The van der Waals surface area contributed by atoms with Crippen molar-refractivity contribution in [1.82, 2.24) is 5.32 Å². The molecule has 0 spiro atoms. The molecule has 1 aliphatic heterocycles. The van der Waals surface area contributed by atoms with Gasteiger partial charge in [-0.1, -0.05) is 29.3 Å². The second kappa shape index (κ2) is 7.54. The lowest BCUT2D eigenvalue weighted by molar-refractivity contribution is 0.0619. The van der Waals surface area contributed by atoms with Gasteiger partial charge in [-0.3, -0.25) is 9.10 Å². The van der Waals surface area contributed by atoms with Crippen LogP contribution in [0.15, 0.2) is 36.4 Å². The summed E-state index contributed by atoms with van der Waals surface area (Å²) in [6.07, 6.45) is 1.72. The Hall–Kier alpha value is -2.25. The maximum atomic E-state index is 12.9. The molecule has 1 atom stereocenters. The van der Waals surface area contributed by atoms with E-state index in [9.17, 15) is 13.2 Å². The Labute approximate surface area is 176 Å². The molecule has 0 radical (unpaired) electrons. The lowest BCUT2D eigenvalue weighted by atomic mass is 9.88. The van der Waals surface area contributed by atoms with Crippen LogP contribution in [0.5, 0.6) is 5.75 Å². The van der Waals surface area contributed by atoms with E-state index in [-0.39, 0.29) is 22.5 Å². The number of aryl methyl sites for hydroxylation is 1. The highest BCUT2D eigenvalue weighted by molar-refractivity contribution is 7.92. The monoisotopic (exact) mass is 436 g/mol. The molecule has 6 nitrogen and oxygen atoms in total. The molecule has 156 valence electrons. The number of sulfonamides is 1. The molecule has 8 heteroatoms. The Morgan fingerprint density at radius 1 is 1.24 bits per heavy atom. The van der Waals surface area contributed by atoms with E-state index < -0.39 is 15.6 Å². The molecule has 1 amide bonds. The Kier molecular flexibility index (Phi) is 5.58. The van der Waals surface area contributed by atoms with E-state index in [1.54, 1.807) is 6.07 Å². The number of hydrogen-bond acceptors (Lipinski definition) is 4. The van der Waals surface area contributed by atoms with Gasteiger partial charge in [0.2, 0.25) is 10.0 Å². The maximum Gasteiger partial charge on any atom is 0.253 e. The van der Waals surface area contributed by atoms with Crippen LogP contribution < -0.4 is 14.4 Å². The zero-order valence-electron chi connectivity index (χ0n) is 17.1. The molecule has 0 fully saturated rings. The fraction of sp³-hybridized carbons (Fsp3) is 0.381. The first-order valence-electron chi connectivity index (χ1n) is 9.21. The molecular weight excluding hydrogens is 412 g/mol. The van der Waals surface area contributed by atoms with Crippen LogP contribution in [0.4, 0.5) is 5.69 Å². The standard InChI is InChI=1S/C21H25ClN2O4S/c1-13-6-9-19-16(10-13)18(12-21(2,3)28-19)23-20(25)15-8-7-14(11-17(15)22)24(4)29(5,26)27/h6-11,18H,12H2,1-5H3,(H,23,25)/t18-/m0/s1. The quantitative estimate of drug-likeness (QED) is 0.783. The van der Waals surface area contributed by atoms with E-state index >= 15 is 0 Å². The van der Waals surface area contributed by atoms with Crippen LogP contribution in [0.3, 0.4) is 0 Å². The van der Waals surface area contributed by atoms with E-state index in [0.717, 1.165) is 27.4 Å². The summed E-state index contributed by atoms with van der Waals surface area (Å²) in [5, 5.41) is 3.25. The number of benzene rings is 2. The summed E-state index contributed by atoms with van der Waals surface area (Å²) in [6, 6.07) is 10.3. The SMILES string of the molecule is Cc1ccc2c(c1)[C@@H](NC(=O)c1ccc(N(C)S(C)(=O)=O)cc1Cl)CC(C)(C)O2. The van der Waals surface area contributed by atoms with Gasteiger partial charge in [0.05, 0.1) is 28.6 Å². The predicted molar refractivity (Wildman–Crippen MR) is 115 cm³/mol. The fourth-order valence-electron chi connectivity index (χ4n) is 3.41. The molecule has 2 aromatic rings. The van der Waals surface area contributed by atoms with Crippen LogP contribution in [0, 0.1) is 6.92 Å². The Bertz CT molecular complexity index is 1070. The summed E-state index contributed by atoms with van der Waals surface area (Å²) < 4.78 is 30.6. The van der Waals surface area contributed by atoms with Gasteiger partial charge in [-0.25, -0.2) is 8.42 Å². The number of carbonyl (C=O) groups is 1. The van der Waals surface area contributed by atoms with E-state index in [1.165, 1.54) is 19.2 Å². The Morgan fingerprint density at radius 3 is 2.55 bits per heavy atom. The average molecular weight is 437 g/mol. The third-order valence-corrected chi connectivity index (χ3v) is 6.50. The van der Waals surface area contributed by atoms with E-state index in [1.807, 2.05) is 39.0 Å². The molecule has 0 bridgehead atoms. The van der Waals surface area contributed by atoms with Gasteiger partial charge in [-0.15, -0.1) is 0 Å². The zero-order chi connectivity index (χ0) is 21.6. The molecule has 29 heavy (non-hydrogen) atoms. The molecule has 1 N–H and O–H groups in total. The van der Waals surface area contributed by atoms with Crippen LogP contribution >= 0.6 is 11.6 Å². The van der Waals surface area contributed by atoms with Crippen molar-refractivity contribution in [2.45, 2.75) is 38.8 Å². The fourth-order valence-corrected chi connectivity index (χ4v) is 4.17. The Balaban J connectivity index is 1.88. The summed E-state index contributed by atoms with van der Waals surface area (Å²) in [6.45, 7) is 5.96. The van der Waals surface area contributed by atoms with Gasteiger partial charge in [0.1, 0.15) is 11.4 Å². The van der Waals surface area contributed by atoms with E-state index in [2.05, 4.69) is 5.32 Å². The average Bonchev–Trinajstić information content (AvgIpc) is 2.60. The van der Waals surface area contributed by atoms with Crippen molar-refractivity contribution in [3.63, 3.8) is 0 Å². The van der Waals surface area contributed by atoms with Gasteiger partial charge in [0.15, 0.2) is 0 Å². The minimum atomic E-state index is -3.42. The van der Waals surface area contributed by atoms with Crippen molar-refractivity contribution in [3.05, 3.63) is 58.1 Å². The molecule has 0 saturated heterocycles. The number of halogens is 1. The highest BCUT2D eigenvalue weighted by Crippen LogP contribution is 2.40. The van der Waals surface area contributed by atoms with Crippen molar-refractivity contribution in [3.8, 4) is 5.75 Å². The number of amides is 1. The predicted octanol–water partition coefficient (Wildman–Crippen LogP) is 4.08. The molecule has 0 aliphatic carbocycles. The van der Waals surface area contributed by atoms with Crippen molar-refractivity contribution in [1.29, 1.82) is 0 Å². The number of fused-ring (bicyclic) bond motifs is 1. The van der Waals surface area contributed by atoms with Crippen LogP contribution in [0.2, 0.25) is 5.02 Å². The highest BCUT2D eigenvalue weighted by atomic mass is 35.5. The molecule has 0 saturated carbocycles. The number of hydrogen-bond donors (Lipinski definition) is 1. The van der Waals surface area contributed by atoms with Crippen LogP contribution in [0.1, 0.15) is 47.8 Å². The maximum absolute atomic E-state index is 12.9. The number of carbonyl (C=O) groups excluding carboxylic acids is 1. The summed E-state index contributed by atoms with van der Waals surface area (Å²) in [4.78, 5) is 12.9. The lowest BCUT2D eigenvalue weighted by Gasteiger charge is -2.38. The third kappa shape index (κ3) is 4.67. The number of anilines is 1. The molecule has 0 aromatic heterocycles. The molecule has 0 unspecified atom stereocenters. The number of ether oxygens (including phenoxy) is 1. The molecular formula is C21H25ClN2O4S. The number of nitrogens with one attached hydrogen (secondary N) is 1. The minimum Gasteiger partial charge on any atom is -0.487 e. The first kappa shape index (κ1) is 21.5. The zero-order valence-corrected chi connectivity index (χ0v) is 18.7. The molecule has 2 aromatic carbocycles. The summed E-state index contributed by atoms with van der Waals surface area (Å²) in [7, 11) is -1.98. The summed E-state index contributed by atoms with van der Waals surface area (Å²) in [5.41, 5.74) is 2.27. The largest absolute Gasteiger partial charge is 0.487 e. The van der Waals surface area contributed by atoms with Crippen LogP contribution in [0.25, 0.3) is 0 Å². The molecule has 3 rings (SSSR count). The highest BCUT2D eigenvalue weighted by Gasteiger charge is 2.35. The summed E-state index contributed by atoms with van der Waals surface area (Å²) >= 11 is 6.31. The van der Waals surface area contributed by atoms with Crippen LogP contribution in [-0.2, 0) is 10.0 Å². The van der Waals surface area contributed by atoms with Gasteiger partial charge in [-0.05, 0) is 45.0 Å². The minimum absolute atomic E-state index is 0.186. The van der Waals surface area contributed by atoms with Crippen LogP contribution in [-0.4, -0.2) is 33.2 Å². The first-order chi connectivity index (χ1) is 13.4. The van der Waals surface area contributed by atoms with Crippen molar-refractivity contribution < 1.29 is 17.9 Å². The Morgan fingerprint density at radius 2 is 1.93 bits per heavy atom. The van der Waals surface area contributed by atoms with Gasteiger partial charge < -0.3 is 10.1 Å². The number of rotatable bonds is 4. The van der Waals surface area contributed by atoms with E-state index in [0.29, 0.717) is 12.1 Å². The summed E-state index contributed by atoms with van der Waals surface area (Å²) in [5.74, 6) is 0.437. The van der Waals surface area contributed by atoms with Gasteiger partial charge in [-0.2, -0.15) is 0 Å². The second-order valence-corrected chi connectivity index (χ2v) is 10.4. The second-order valence-electron chi connectivity index (χ2n) is 8.03. The van der Waals surface area contributed by atoms with E-state index in [4.69, 9.17) is 16.3 Å². The van der Waals surface area contributed by atoms with Crippen molar-refractivity contribution >= 4 is 33.2 Å². The van der Waals surface area contributed by atoms with Crippen molar-refractivity contribution in [2.75, 3.05) is 17.6 Å². The number of nitrogens with zero attached hydrogens (tertiary/aromatic N) is 1. The normalized spacial score (nSPS) is 17.8. The van der Waals surface area contributed by atoms with Gasteiger partial charge in [0.25, 0.3) is 5.91 Å². The first-order valence-corrected chi connectivity index (χ1v) is 11.4. The smallest absolute Gasteiger partial charge is 0.253 e. The van der Waals surface area contributed by atoms with Gasteiger partial charge in [0, 0.05) is 19.0 Å².